The molecule has 0 aliphatic carbocycles. The van der Waals surface area contributed by atoms with Gasteiger partial charge < -0.3 is 10.1 Å². The van der Waals surface area contributed by atoms with Gasteiger partial charge in [-0.1, -0.05) is 0 Å². The zero-order valence-corrected chi connectivity index (χ0v) is 7.31. The van der Waals surface area contributed by atoms with Crippen LogP contribution >= 0.6 is 0 Å². The standard InChI is InChI=1S/C8H15NO2/c1-8(2,3)11-6-4-5-9-7(6)10/h6H,4-5H2,1-3H3,(H,9,10). The summed E-state index contributed by atoms with van der Waals surface area (Å²) < 4.78 is 5.50. The minimum absolute atomic E-state index is 0.0277. The zero-order chi connectivity index (χ0) is 8.48. The predicted molar refractivity (Wildman–Crippen MR) is 42.3 cm³/mol. The first-order chi connectivity index (χ1) is 4.99. The van der Waals surface area contributed by atoms with Crippen molar-refractivity contribution in [1.29, 1.82) is 0 Å². The van der Waals surface area contributed by atoms with Gasteiger partial charge in [-0.05, 0) is 27.2 Å². The molecule has 0 aromatic heterocycles. The number of carbonyl (C=O) groups is 1. The van der Waals surface area contributed by atoms with Crippen LogP contribution in [0, 0.1) is 0 Å². The van der Waals surface area contributed by atoms with Crippen LogP contribution in [0.1, 0.15) is 27.2 Å². The smallest absolute Gasteiger partial charge is 0.249 e. The molecular formula is C8H15NO2. The molecule has 0 aromatic rings. The third kappa shape index (κ3) is 2.50. The molecule has 3 nitrogen and oxygen atoms in total. The summed E-state index contributed by atoms with van der Waals surface area (Å²) in [5.74, 6) is 0.0277. The average Bonchev–Trinajstić information content (AvgIpc) is 2.12. The molecule has 1 unspecified atom stereocenters. The summed E-state index contributed by atoms with van der Waals surface area (Å²) in [5, 5.41) is 2.73. The highest BCUT2D eigenvalue weighted by molar-refractivity contribution is 5.82. The van der Waals surface area contributed by atoms with Gasteiger partial charge in [-0.2, -0.15) is 0 Å². The molecule has 1 atom stereocenters. The Labute approximate surface area is 67.1 Å². The van der Waals surface area contributed by atoms with Gasteiger partial charge in [0.25, 0.3) is 0 Å². The van der Waals surface area contributed by atoms with Crippen LogP contribution in [-0.4, -0.2) is 24.2 Å². The first-order valence-electron chi connectivity index (χ1n) is 3.94. The number of rotatable bonds is 1. The average molecular weight is 157 g/mol. The molecule has 0 bridgehead atoms. The highest BCUT2D eigenvalue weighted by Crippen LogP contribution is 2.15. The molecule has 0 aromatic carbocycles. The van der Waals surface area contributed by atoms with Crippen LogP contribution in [0.5, 0.6) is 0 Å². The minimum atomic E-state index is -0.227. The van der Waals surface area contributed by atoms with E-state index in [4.69, 9.17) is 4.74 Å². The van der Waals surface area contributed by atoms with Gasteiger partial charge in [-0.15, -0.1) is 0 Å². The van der Waals surface area contributed by atoms with Gasteiger partial charge in [-0.3, -0.25) is 4.79 Å². The van der Waals surface area contributed by atoms with Crippen molar-refractivity contribution >= 4 is 5.91 Å². The number of nitrogens with one attached hydrogen (secondary N) is 1. The van der Waals surface area contributed by atoms with E-state index in [1.54, 1.807) is 0 Å². The quantitative estimate of drug-likeness (QED) is 0.608. The molecule has 0 spiro atoms. The summed E-state index contributed by atoms with van der Waals surface area (Å²) >= 11 is 0. The van der Waals surface area contributed by atoms with Gasteiger partial charge >= 0.3 is 0 Å². The second-order valence-electron chi connectivity index (χ2n) is 3.80. The Balaban J connectivity index is 2.43. The molecule has 1 amide bonds. The molecule has 3 heteroatoms. The molecule has 1 aliphatic rings. The SMILES string of the molecule is CC(C)(C)OC1CCNC1=O. The molecule has 1 fully saturated rings. The van der Waals surface area contributed by atoms with E-state index in [1.165, 1.54) is 0 Å². The topological polar surface area (TPSA) is 38.3 Å². The summed E-state index contributed by atoms with van der Waals surface area (Å²) in [7, 11) is 0. The molecule has 1 heterocycles. The lowest BCUT2D eigenvalue weighted by Gasteiger charge is -2.22. The van der Waals surface area contributed by atoms with E-state index in [1.807, 2.05) is 20.8 Å². The lowest BCUT2D eigenvalue weighted by Crippen LogP contribution is -2.32. The summed E-state index contributed by atoms with van der Waals surface area (Å²) in [6.07, 6.45) is 0.575. The summed E-state index contributed by atoms with van der Waals surface area (Å²) in [6.45, 7) is 6.62. The first-order valence-corrected chi connectivity index (χ1v) is 3.94. The van der Waals surface area contributed by atoms with Crippen LogP contribution < -0.4 is 5.32 Å². The normalized spacial score (nSPS) is 25.4. The summed E-state index contributed by atoms with van der Waals surface area (Å²) in [6, 6.07) is 0. The van der Waals surface area contributed by atoms with E-state index in [0.29, 0.717) is 0 Å². The lowest BCUT2D eigenvalue weighted by atomic mass is 10.2. The molecule has 11 heavy (non-hydrogen) atoms. The van der Waals surface area contributed by atoms with Gasteiger partial charge in [0.15, 0.2) is 0 Å². The fraction of sp³-hybridized carbons (Fsp3) is 0.875. The third-order valence-corrected chi connectivity index (χ3v) is 1.49. The highest BCUT2D eigenvalue weighted by Gasteiger charge is 2.28. The second-order valence-corrected chi connectivity index (χ2v) is 3.80. The van der Waals surface area contributed by atoms with Crippen molar-refractivity contribution < 1.29 is 9.53 Å². The molecule has 64 valence electrons. The van der Waals surface area contributed by atoms with Gasteiger partial charge in [0.1, 0.15) is 6.10 Å². The van der Waals surface area contributed by atoms with Crippen LogP contribution in [-0.2, 0) is 9.53 Å². The molecular weight excluding hydrogens is 142 g/mol. The maximum Gasteiger partial charge on any atom is 0.249 e. The van der Waals surface area contributed by atoms with Gasteiger partial charge in [-0.25, -0.2) is 0 Å². The first kappa shape index (κ1) is 8.53. The summed E-state index contributed by atoms with van der Waals surface area (Å²) in [5.41, 5.74) is -0.216. The van der Waals surface area contributed by atoms with Crippen LogP contribution in [0.15, 0.2) is 0 Å². The van der Waals surface area contributed by atoms with E-state index >= 15 is 0 Å². The van der Waals surface area contributed by atoms with Crippen LogP contribution in [0.4, 0.5) is 0 Å². The molecule has 1 N–H and O–H groups in total. The Hall–Kier alpha value is -0.570. The molecule has 0 saturated carbocycles. The van der Waals surface area contributed by atoms with Gasteiger partial charge in [0.2, 0.25) is 5.91 Å². The van der Waals surface area contributed by atoms with Crippen molar-refractivity contribution in [2.45, 2.75) is 38.9 Å². The Morgan fingerprint density at radius 1 is 1.55 bits per heavy atom. The number of hydrogen-bond acceptors (Lipinski definition) is 2. The van der Waals surface area contributed by atoms with Crippen molar-refractivity contribution in [3.8, 4) is 0 Å². The van der Waals surface area contributed by atoms with E-state index in [2.05, 4.69) is 5.32 Å². The second kappa shape index (κ2) is 2.81. The van der Waals surface area contributed by atoms with Crippen molar-refractivity contribution in [2.75, 3.05) is 6.54 Å². The predicted octanol–water partition coefficient (Wildman–Crippen LogP) is 0.690. The number of ether oxygens (including phenoxy) is 1. The van der Waals surface area contributed by atoms with Crippen molar-refractivity contribution in [3.05, 3.63) is 0 Å². The Morgan fingerprint density at radius 2 is 2.18 bits per heavy atom. The fourth-order valence-electron chi connectivity index (χ4n) is 1.11. The molecule has 1 saturated heterocycles. The number of carbonyl (C=O) groups excluding carboxylic acids is 1. The molecule has 1 aliphatic heterocycles. The number of amides is 1. The Morgan fingerprint density at radius 3 is 2.55 bits per heavy atom. The monoisotopic (exact) mass is 157 g/mol. The van der Waals surface area contributed by atoms with Crippen molar-refractivity contribution in [1.82, 2.24) is 5.32 Å². The van der Waals surface area contributed by atoms with E-state index in [9.17, 15) is 4.79 Å². The largest absolute Gasteiger partial charge is 0.363 e. The van der Waals surface area contributed by atoms with Crippen molar-refractivity contribution in [3.63, 3.8) is 0 Å². The lowest BCUT2D eigenvalue weighted by molar-refractivity contribution is -0.137. The number of hydrogen-bond donors (Lipinski definition) is 1. The van der Waals surface area contributed by atoms with Crippen LogP contribution in [0.25, 0.3) is 0 Å². The third-order valence-electron chi connectivity index (χ3n) is 1.49. The van der Waals surface area contributed by atoms with Crippen LogP contribution in [0.2, 0.25) is 0 Å². The summed E-state index contributed by atoms with van der Waals surface area (Å²) in [4.78, 5) is 11.0. The Kier molecular flexibility index (Phi) is 2.18. The van der Waals surface area contributed by atoms with Crippen LogP contribution in [0.3, 0.4) is 0 Å². The van der Waals surface area contributed by atoms with E-state index in [-0.39, 0.29) is 17.6 Å². The maximum absolute atomic E-state index is 11.0. The zero-order valence-electron chi connectivity index (χ0n) is 7.31. The van der Waals surface area contributed by atoms with Gasteiger partial charge in [0, 0.05) is 6.54 Å². The Bertz CT molecular complexity index is 160. The van der Waals surface area contributed by atoms with E-state index in [0.717, 1.165) is 13.0 Å². The maximum atomic E-state index is 11.0. The highest BCUT2D eigenvalue weighted by atomic mass is 16.5. The fourth-order valence-corrected chi connectivity index (χ4v) is 1.11. The van der Waals surface area contributed by atoms with Gasteiger partial charge in [0.05, 0.1) is 5.60 Å². The van der Waals surface area contributed by atoms with E-state index < -0.39 is 0 Å². The minimum Gasteiger partial charge on any atom is -0.363 e. The molecule has 1 rings (SSSR count). The molecule has 0 radical (unpaired) electrons. The van der Waals surface area contributed by atoms with Crippen molar-refractivity contribution in [2.24, 2.45) is 0 Å².